The van der Waals surface area contributed by atoms with E-state index in [9.17, 15) is 0 Å². The van der Waals surface area contributed by atoms with Crippen molar-refractivity contribution in [1.29, 1.82) is 0 Å². The Hall–Kier alpha value is -3.90. The number of pyridine rings is 2. The number of fused-ring (bicyclic) bond motifs is 4. The van der Waals surface area contributed by atoms with Crippen LogP contribution in [0.4, 0.5) is 11.4 Å². The lowest BCUT2D eigenvalue weighted by molar-refractivity contribution is 0.187. The molecule has 61 heavy (non-hydrogen) atoms. The van der Waals surface area contributed by atoms with Crippen LogP contribution in [0.5, 0.6) is 0 Å². The molecule has 0 spiro atoms. The normalized spacial score (nSPS) is 28.9. The largest absolute Gasteiger partial charge is 0.368 e. The van der Waals surface area contributed by atoms with Gasteiger partial charge in [0.15, 0.2) is 0 Å². The maximum Gasteiger partial charge on any atom is 0.0613 e. The lowest BCUT2D eigenvalue weighted by Gasteiger charge is -2.42. The van der Waals surface area contributed by atoms with Gasteiger partial charge >= 0.3 is 0 Å². The Morgan fingerprint density at radius 1 is 0.656 bits per heavy atom. The second kappa shape index (κ2) is 17.7. The predicted octanol–water partition coefficient (Wildman–Crippen LogP) is 6.10. The Morgan fingerprint density at radius 2 is 1.33 bits per heavy atom. The first kappa shape index (κ1) is 41.1. The molecule has 1 unspecified atom stereocenters. The Kier molecular flexibility index (Phi) is 11.9. The fraction of sp³-hybridized carbons (Fsp3) is 0.569. The van der Waals surface area contributed by atoms with Gasteiger partial charge in [-0.1, -0.05) is 30.3 Å². The molecule has 0 radical (unpaired) electrons. The van der Waals surface area contributed by atoms with Crippen molar-refractivity contribution >= 4 is 11.4 Å². The quantitative estimate of drug-likeness (QED) is 0.159. The summed E-state index contributed by atoms with van der Waals surface area (Å²) in [6.45, 7) is 16.2. The van der Waals surface area contributed by atoms with Crippen LogP contribution in [0.15, 0.2) is 67.0 Å². The molecular weight excluding hydrogens is 753 g/mol. The van der Waals surface area contributed by atoms with E-state index in [-0.39, 0.29) is 0 Å². The van der Waals surface area contributed by atoms with Crippen molar-refractivity contribution in [2.45, 2.75) is 127 Å². The number of piperazine rings is 2. The highest BCUT2D eigenvalue weighted by molar-refractivity contribution is 5.62. The van der Waals surface area contributed by atoms with E-state index in [1.165, 1.54) is 63.4 Å². The summed E-state index contributed by atoms with van der Waals surface area (Å²) in [4.78, 5) is 20.6. The minimum Gasteiger partial charge on any atom is -0.368 e. The predicted molar refractivity (Wildman–Crippen MR) is 249 cm³/mol. The van der Waals surface area contributed by atoms with Crippen LogP contribution < -0.4 is 31.1 Å². The van der Waals surface area contributed by atoms with Crippen molar-refractivity contribution in [3.8, 4) is 0 Å². The third kappa shape index (κ3) is 8.49. The monoisotopic (exact) mass is 823 g/mol. The molecule has 4 aromatic rings. The Labute approximate surface area is 365 Å². The number of aromatic nitrogens is 2. The highest BCUT2D eigenvalue weighted by Gasteiger charge is 2.36. The zero-order valence-corrected chi connectivity index (χ0v) is 37.5. The molecule has 0 saturated carbocycles. The maximum atomic E-state index is 5.20. The van der Waals surface area contributed by atoms with Crippen LogP contribution in [0.3, 0.4) is 0 Å². The zero-order chi connectivity index (χ0) is 41.6. The molecule has 4 aliphatic heterocycles. The fourth-order valence-electron chi connectivity index (χ4n) is 12.4. The molecule has 8 atom stereocenters. The van der Waals surface area contributed by atoms with Gasteiger partial charge in [-0.15, -0.1) is 0 Å². The van der Waals surface area contributed by atoms with Gasteiger partial charge in [0.05, 0.1) is 23.5 Å². The van der Waals surface area contributed by atoms with E-state index in [2.05, 4.69) is 130 Å². The van der Waals surface area contributed by atoms with E-state index in [0.717, 1.165) is 91.0 Å². The number of benzene rings is 2. The number of anilines is 2. The molecule has 324 valence electrons. The minimum atomic E-state index is 0.303. The first-order valence-corrected chi connectivity index (χ1v) is 23.8. The third-order valence-corrected chi connectivity index (χ3v) is 15.2. The maximum absolute atomic E-state index is 5.20. The molecule has 6 aliphatic rings. The van der Waals surface area contributed by atoms with Gasteiger partial charge in [0.2, 0.25) is 0 Å². The van der Waals surface area contributed by atoms with Crippen molar-refractivity contribution in [2.24, 2.45) is 0 Å². The molecule has 2 fully saturated rings. The fourth-order valence-corrected chi connectivity index (χ4v) is 12.4. The summed E-state index contributed by atoms with van der Waals surface area (Å²) >= 11 is 0. The van der Waals surface area contributed by atoms with E-state index in [4.69, 9.17) is 9.97 Å². The van der Waals surface area contributed by atoms with Crippen LogP contribution >= 0.6 is 0 Å². The number of likely N-dealkylation sites (N-methyl/N-ethyl adjacent to an activating group) is 2. The van der Waals surface area contributed by atoms with E-state index in [1.807, 2.05) is 12.4 Å². The van der Waals surface area contributed by atoms with E-state index < -0.39 is 0 Å². The lowest BCUT2D eigenvalue weighted by Crippen LogP contribution is -2.55. The Balaban J connectivity index is 0.888. The number of aryl methyl sites for hydroxylation is 1. The molecule has 2 aromatic heterocycles. The summed E-state index contributed by atoms with van der Waals surface area (Å²) in [5.74, 6) is 0.335. The van der Waals surface area contributed by atoms with Crippen LogP contribution in [0.1, 0.15) is 115 Å². The summed E-state index contributed by atoms with van der Waals surface area (Å²) in [5.41, 5.74) is 15.9. The Morgan fingerprint density at radius 3 is 2.10 bits per heavy atom. The smallest absolute Gasteiger partial charge is 0.0613 e. The van der Waals surface area contributed by atoms with E-state index >= 15 is 0 Å². The van der Waals surface area contributed by atoms with Crippen LogP contribution in [-0.2, 0) is 32.4 Å². The number of nitrogens with one attached hydrogen (secondary N) is 4. The summed E-state index contributed by atoms with van der Waals surface area (Å²) in [6.07, 6.45) is 11.9. The van der Waals surface area contributed by atoms with Crippen molar-refractivity contribution < 1.29 is 0 Å². The zero-order valence-electron chi connectivity index (χ0n) is 37.5. The van der Waals surface area contributed by atoms with Gasteiger partial charge in [0.25, 0.3) is 0 Å². The number of hydrogen-bond acceptors (Lipinski definition) is 10. The summed E-state index contributed by atoms with van der Waals surface area (Å²) in [7, 11) is 4.67. The molecule has 10 heteroatoms. The van der Waals surface area contributed by atoms with Gasteiger partial charge in [0, 0.05) is 119 Å². The molecule has 2 aromatic carbocycles. The number of hydrogen-bond donors (Lipinski definition) is 4. The lowest BCUT2D eigenvalue weighted by atomic mass is 9.77. The molecule has 2 saturated heterocycles. The molecular formula is C51H70N10. The molecule has 4 N–H and O–H groups in total. The summed E-state index contributed by atoms with van der Waals surface area (Å²) in [6, 6.07) is 24.0. The van der Waals surface area contributed by atoms with E-state index in [0.29, 0.717) is 48.2 Å². The Bertz CT molecular complexity index is 2160. The first-order chi connectivity index (χ1) is 29.8. The summed E-state index contributed by atoms with van der Waals surface area (Å²) < 4.78 is 0. The molecule has 0 amide bonds. The van der Waals surface area contributed by atoms with E-state index in [1.54, 1.807) is 11.1 Å². The minimum absolute atomic E-state index is 0.303. The third-order valence-electron chi connectivity index (χ3n) is 15.2. The topological polar surface area (TPSA) is 86.9 Å². The molecule has 10 rings (SSSR count). The van der Waals surface area contributed by atoms with Gasteiger partial charge in [-0.05, 0) is 143 Å². The van der Waals surface area contributed by atoms with Gasteiger partial charge in [-0.3, -0.25) is 19.8 Å². The average Bonchev–Trinajstić information content (AvgIpc) is 3.27. The average molecular weight is 823 g/mol. The molecule has 6 heterocycles. The highest BCUT2D eigenvalue weighted by atomic mass is 15.2. The van der Waals surface area contributed by atoms with Gasteiger partial charge in [-0.2, -0.15) is 0 Å². The molecule has 10 nitrogen and oxygen atoms in total. The van der Waals surface area contributed by atoms with Gasteiger partial charge in [-0.25, -0.2) is 0 Å². The van der Waals surface area contributed by atoms with Crippen molar-refractivity contribution in [3.05, 3.63) is 117 Å². The van der Waals surface area contributed by atoms with Crippen molar-refractivity contribution in [2.75, 3.05) is 69.7 Å². The highest BCUT2D eigenvalue weighted by Crippen LogP contribution is 2.45. The SMILES string of the molecule is C[C@@H]1CN(c2cccc3c2C[C@@H](CN(C)[C@H]2CCC(c4cc5c(c(N6C[C@@H](C)N[C@H](C)C6)c4)C[C@H](CN(C)[C@H]4CCCc6cccnc64)NC5)c4cccnc42)NC3)CCN1. The van der Waals surface area contributed by atoms with Crippen LogP contribution in [0.25, 0.3) is 0 Å². The molecule has 0 bridgehead atoms. The number of rotatable bonds is 9. The van der Waals surface area contributed by atoms with Crippen LogP contribution in [0.2, 0.25) is 0 Å². The summed E-state index contributed by atoms with van der Waals surface area (Å²) in [5, 5.41) is 15.4. The van der Waals surface area contributed by atoms with Gasteiger partial charge in [0.1, 0.15) is 0 Å². The number of nitrogens with zero attached hydrogens (tertiary/aromatic N) is 6. The first-order valence-electron chi connectivity index (χ1n) is 23.8. The van der Waals surface area contributed by atoms with Crippen molar-refractivity contribution in [3.63, 3.8) is 0 Å². The van der Waals surface area contributed by atoms with Gasteiger partial charge < -0.3 is 31.1 Å². The van der Waals surface area contributed by atoms with Crippen LogP contribution in [0, 0.1) is 0 Å². The second-order valence-corrected chi connectivity index (χ2v) is 19.8. The molecule has 2 aliphatic carbocycles. The second-order valence-electron chi connectivity index (χ2n) is 19.8. The van der Waals surface area contributed by atoms with Crippen LogP contribution in [-0.4, -0.2) is 110 Å². The standard InChI is InChI=1S/C51H70N10/c1-33-28-60(21-20-52-33)46-14-7-11-37-26-55-40(24-44(37)46)32-59(5)48-17-16-42(43-13-9-19-54-51(43)48)38-22-39-27-56-41(25-45(39)49(23-38)61-29-34(2)57-35(3)30-61)31-58(4)47-15-6-10-36-12-8-18-53-50(36)47/h7-9,11-14,18-19,22-23,33-35,40-42,47-48,52,55-57H,6,10,15-17,20-21,24-32H2,1-5H3/t33-,34-,35-,40+,41-,42?,47+,48+/m1/s1. The van der Waals surface area contributed by atoms with Crippen molar-refractivity contribution in [1.82, 2.24) is 41.0 Å².